The fraction of sp³-hybridized carbons (Fsp3) is 0.571. The van der Waals surface area contributed by atoms with Crippen molar-refractivity contribution >= 4 is 11.9 Å². The molecule has 0 aromatic carbocycles. The number of nitrogens with zero attached hydrogens (tertiary/aromatic N) is 3. The van der Waals surface area contributed by atoms with Gasteiger partial charge < -0.3 is 19.4 Å². The van der Waals surface area contributed by atoms with E-state index in [0.717, 1.165) is 61.9 Å². The molecule has 1 saturated heterocycles. The van der Waals surface area contributed by atoms with Crippen LogP contribution in [0, 0.1) is 6.92 Å². The number of carbonyl (C=O) groups is 1. The zero-order valence-electron chi connectivity index (χ0n) is 16.2. The van der Waals surface area contributed by atoms with E-state index in [0.29, 0.717) is 23.8 Å². The van der Waals surface area contributed by atoms with Crippen molar-refractivity contribution in [1.82, 2.24) is 15.3 Å². The molecule has 1 N–H and O–H groups in total. The third kappa shape index (κ3) is 3.51. The first-order valence-electron chi connectivity index (χ1n) is 10.3. The molecule has 3 aliphatic rings. The summed E-state index contributed by atoms with van der Waals surface area (Å²) in [6, 6.07) is 2.01. The highest BCUT2D eigenvalue weighted by Gasteiger charge is 2.30. The van der Waals surface area contributed by atoms with Crippen molar-refractivity contribution in [3.63, 3.8) is 0 Å². The van der Waals surface area contributed by atoms with Gasteiger partial charge >= 0.3 is 0 Å². The van der Waals surface area contributed by atoms with Crippen LogP contribution in [-0.2, 0) is 17.8 Å². The molecule has 4 heterocycles. The van der Waals surface area contributed by atoms with E-state index in [-0.39, 0.29) is 11.9 Å². The Hall–Kier alpha value is -2.41. The van der Waals surface area contributed by atoms with E-state index in [9.17, 15) is 4.79 Å². The van der Waals surface area contributed by atoms with Crippen molar-refractivity contribution in [1.29, 1.82) is 0 Å². The Morgan fingerprint density at radius 3 is 3.07 bits per heavy atom. The normalized spacial score (nSPS) is 22.0. The van der Waals surface area contributed by atoms with Crippen LogP contribution in [0.4, 0.5) is 5.95 Å². The predicted octanol–water partition coefficient (Wildman–Crippen LogP) is 2.73. The fourth-order valence-electron chi connectivity index (χ4n) is 4.11. The van der Waals surface area contributed by atoms with Crippen molar-refractivity contribution in [2.75, 3.05) is 24.6 Å². The summed E-state index contributed by atoms with van der Waals surface area (Å²) in [5.74, 6) is 2.90. The number of ether oxygens (including phenoxy) is 1. The molecule has 7 heteroatoms. The van der Waals surface area contributed by atoms with Crippen LogP contribution < -0.4 is 10.2 Å². The number of nitrogens with one attached hydrogen (secondary N) is 1. The van der Waals surface area contributed by atoms with Gasteiger partial charge in [0.2, 0.25) is 5.95 Å². The zero-order chi connectivity index (χ0) is 19.1. The van der Waals surface area contributed by atoms with Gasteiger partial charge in [-0.05, 0) is 38.7 Å². The minimum absolute atomic E-state index is 0.0384. The summed E-state index contributed by atoms with van der Waals surface area (Å²) in [6.07, 6.45) is 7.02. The van der Waals surface area contributed by atoms with Crippen molar-refractivity contribution in [3.05, 3.63) is 40.6 Å². The number of carbonyl (C=O) groups excluding carboxylic acids is 1. The second-order valence-corrected chi connectivity index (χ2v) is 8.10. The maximum atomic E-state index is 12.8. The van der Waals surface area contributed by atoms with Crippen LogP contribution in [0.2, 0.25) is 0 Å². The number of hydrogen-bond acceptors (Lipinski definition) is 6. The van der Waals surface area contributed by atoms with Gasteiger partial charge in [0.25, 0.3) is 5.91 Å². The lowest BCUT2D eigenvalue weighted by Crippen LogP contribution is -2.48. The zero-order valence-corrected chi connectivity index (χ0v) is 16.2. The predicted molar refractivity (Wildman–Crippen MR) is 104 cm³/mol. The van der Waals surface area contributed by atoms with Crippen molar-refractivity contribution in [2.24, 2.45) is 0 Å². The average Bonchev–Trinajstić information content (AvgIpc) is 3.49. The van der Waals surface area contributed by atoms with Crippen LogP contribution in [0.25, 0.3) is 0 Å². The fourth-order valence-corrected chi connectivity index (χ4v) is 4.11. The largest absolute Gasteiger partial charge is 0.465 e. The van der Waals surface area contributed by atoms with E-state index in [4.69, 9.17) is 14.1 Å². The second-order valence-electron chi connectivity index (χ2n) is 8.10. The highest BCUT2D eigenvalue weighted by Crippen LogP contribution is 2.41. The topological polar surface area (TPSA) is 80.5 Å². The molecule has 148 valence electrons. The lowest BCUT2D eigenvalue weighted by atomic mass is 10.1. The van der Waals surface area contributed by atoms with Crippen LogP contribution in [0.1, 0.15) is 64.7 Å². The summed E-state index contributed by atoms with van der Waals surface area (Å²) in [5, 5.41) is 3.19. The number of furan rings is 1. The molecular weight excluding hydrogens is 356 g/mol. The lowest BCUT2D eigenvalue weighted by molar-refractivity contribution is 0.0931. The first-order chi connectivity index (χ1) is 13.7. The molecule has 5 rings (SSSR count). The number of aromatic nitrogens is 2. The van der Waals surface area contributed by atoms with Crippen LogP contribution in [0.5, 0.6) is 0 Å². The molecule has 2 fully saturated rings. The van der Waals surface area contributed by atoms with Crippen molar-refractivity contribution in [2.45, 2.75) is 57.6 Å². The monoisotopic (exact) mass is 382 g/mol. The maximum absolute atomic E-state index is 12.8. The summed E-state index contributed by atoms with van der Waals surface area (Å²) < 4.78 is 11.3. The smallest absolute Gasteiger partial charge is 0.255 e. The Labute approximate surface area is 164 Å². The Morgan fingerprint density at radius 2 is 2.21 bits per heavy atom. The summed E-state index contributed by atoms with van der Waals surface area (Å²) >= 11 is 0. The summed E-state index contributed by atoms with van der Waals surface area (Å²) in [5.41, 5.74) is 2.84. The van der Waals surface area contributed by atoms with Crippen LogP contribution in [0.15, 0.2) is 16.7 Å². The van der Waals surface area contributed by atoms with E-state index in [1.54, 1.807) is 0 Å². The third-order valence-corrected chi connectivity index (χ3v) is 5.88. The van der Waals surface area contributed by atoms with Gasteiger partial charge in [0, 0.05) is 43.2 Å². The number of hydrogen-bond donors (Lipinski definition) is 1. The average molecular weight is 382 g/mol. The first kappa shape index (κ1) is 17.7. The molecular formula is C21H26N4O3. The van der Waals surface area contributed by atoms with Crippen molar-refractivity contribution in [3.8, 4) is 0 Å². The SMILES string of the molecule is Cc1oc(C2CC2)cc1C(=O)N[C@@H]1CCCN(c2ncc3c(n2)CCOC3)C1. The highest BCUT2D eigenvalue weighted by molar-refractivity contribution is 5.95. The number of amides is 1. The van der Waals surface area contributed by atoms with Crippen LogP contribution >= 0.6 is 0 Å². The summed E-state index contributed by atoms with van der Waals surface area (Å²) in [7, 11) is 0. The molecule has 0 spiro atoms. The van der Waals surface area contributed by atoms with Crippen LogP contribution in [-0.4, -0.2) is 41.6 Å². The van der Waals surface area contributed by atoms with Gasteiger partial charge in [-0.1, -0.05) is 0 Å². The van der Waals surface area contributed by atoms with Gasteiger partial charge in [0.05, 0.1) is 24.5 Å². The number of piperidine rings is 1. The number of aryl methyl sites for hydroxylation is 1. The second kappa shape index (κ2) is 7.20. The molecule has 1 saturated carbocycles. The molecule has 1 aliphatic carbocycles. The Kier molecular flexibility index (Phi) is 4.55. The molecule has 1 amide bonds. The van der Waals surface area contributed by atoms with Gasteiger partial charge in [-0.25, -0.2) is 9.97 Å². The Morgan fingerprint density at radius 1 is 1.32 bits per heavy atom. The van der Waals surface area contributed by atoms with E-state index >= 15 is 0 Å². The standard InChI is InChI=1S/C21H26N4O3/c1-13-17(9-19(28-13)14-4-5-14)20(26)23-16-3-2-7-25(11-16)21-22-10-15-12-27-8-6-18(15)24-21/h9-10,14,16H,2-8,11-12H2,1H3,(H,23,26)/t16-/m1/s1. The molecule has 2 aromatic rings. The summed E-state index contributed by atoms with van der Waals surface area (Å²) in [4.78, 5) is 24.3. The molecule has 0 unspecified atom stereocenters. The molecule has 2 aliphatic heterocycles. The molecule has 0 radical (unpaired) electrons. The van der Waals surface area contributed by atoms with Gasteiger partial charge in [0.1, 0.15) is 11.5 Å². The quantitative estimate of drug-likeness (QED) is 0.876. The molecule has 0 bridgehead atoms. The Balaban J connectivity index is 1.26. The minimum atomic E-state index is -0.0384. The van der Waals surface area contributed by atoms with E-state index in [2.05, 4.69) is 15.2 Å². The molecule has 7 nitrogen and oxygen atoms in total. The van der Waals surface area contributed by atoms with E-state index in [1.807, 2.05) is 19.2 Å². The third-order valence-electron chi connectivity index (χ3n) is 5.88. The molecule has 28 heavy (non-hydrogen) atoms. The Bertz CT molecular complexity index is 890. The minimum Gasteiger partial charge on any atom is -0.465 e. The first-order valence-corrected chi connectivity index (χ1v) is 10.3. The number of anilines is 1. The maximum Gasteiger partial charge on any atom is 0.255 e. The number of rotatable bonds is 4. The molecule has 2 aromatic heterocycles. The van der Waals surface area contributed by atoms with Gasteiger partial charge in [0.15, 0.2) is 0 Å². The van der Waals surface area contributed by atoms with E-state index in [1.165, 1.54) is 12.8 Å². The van der Waals surface area contributed by atoms with Crippen LogP contribution in [0.3, 0.4) is 0 Å². The lowest BCUT2D eigenvalue weighted by Gasteiger charge is -2.33. The molecule has 1 atom stereocenters. The van der Waals surface area contributed by atoms with Gasteiger partial charge in [-0.2, -0.15) is 0 Å². The van der Waals surface area contributed by atoms with Crippen molar-refractivity contribution < 1.29 is 13.9 Å². The van der Waals surface area contributed by atoms with E-state index < -0.39 is 0 Å². The van der Waals surface area contributed by atoms with Gasteiger partial charge in [-0.3, -0.25) is 4.79 Å². The van der Waals surface area contributed by atoms with Gasteiger partial charge in [-0.15, -0.1) is 0 Å². The number of fused-ring (bicyclic) bond motifs is 1. The summed E-state index contributed by atoms with van der Waals surface area (Å²) in [6.45, 7) is 4.83. The highest BCUT2D eigenvalue weighted by atomic mass is 16.5.